The van der Waals surface area contributed by atoms with Gasteiger partial charge in [0.25, 0.3) is 0 Å². The number of pyridine rings is 1. The fourth-order valence-electron chi connectivity index (χ4n) is 1.81. The van der Waals surface area contributed by atoms with Crippen LogP contribution in [0.2, 0.25) is 0 Å². The van der Waals surface area contributed by atoms with E-state index >= 15 is 0 Å². The minimum Gasteiger partial charge on any atom is -0.264 e. The van der Waals surface area contributed by atoms with Gasteiger partial charge in [-0.15, -0.1) is 0 Å². The molecule has 2 heterocycles. The van der Waals surface area contributed by atoms with Gasteiger partial charge in [0.1, 0.15) is 5.69 Å². The average Bonchev–Trinajstić information content (AvgIpc) is 2.45. The molecule has 1 aliphatic rings. The van der Waals surface area contributed by atoms with Crippen LogP contribution in [0.3, 0.4) is 0 Å². The van der Waals surface area contributed by atoms with E-state index in [1.165, 1.54) is 5.56 Å². The van der Waals surface area contributed by atoms with Crippen LogP contribution in [0, 0.1) is 0 Å². The lowest BCUT2D eigenvalue weighted by molar-refractivity contribution is 1.01. The molecule has 16 heavy (non-hydrogen) atoms. The summed E-state index contributed by atoms with van der Waals surface area (Å²) in [7, 11) is 0. The molecule has 0 N–H and O–H groups in total. The van der Waals surface area contributed by atoms with Crippen molar-refractivity contribution in [1.82, 2.24) is 15.0 Å². The molecule has 0 bridgehead atoms. The molecule has 1 aliphatic carbocycles. The van der Waals surface area contributed by atoms with E-state index in [0.29, 0.717) is 5.03 Å². The van der Waals surface area contributed by atoms with Crippen LogP contribution in [0.15, 0.2) is 30.9 Å². The van der Waals surface area contributed by atoms with Gasteiger partial charge in [0.15, 0.2) is 0 Å². The summed E-state index contributed by atoms with van der Waals surface area (Å²) in [4.78, 5) is 12.7. The van der Waals surface area contributed by atoms with Gasteiger partial charge in [0.2, 0.25) is 0 Å². The molecule has 0 spiro atoms. The number of hydrogen-bond acceptors (Lipinski definition) is 3. The van der Waals surface area contributed by atoms with E-state index in [1.807, 2.05) is 18.3 Å². The molecule has 2 aromatic rings. The fourth-order valence-corrected chi connectivity index (χ4v) is 2.08. The molecule has 0 fully saturated rings. The van der Waals surface area contributed by atoms with Crippen molar-refractivity contribution in [2.75, 3.05) is 0 Å². The molecular weight excluding hydrogens is 222 g/mol. The van der Waals surface area contributed by atoms with Crippen LogP contribution in [0.1, 0.15) is 22.5 Å². The summed E-state index contributed by atoms with van der Waals surface area (Å²) in [5.41, 5.74) is 3.88. The third-order valence-corrected chi connectivity index (χ3v) is 2.87. The predicted molar refractivity (Wildman–Crippen MR) is 62.8 cm³/mol. The predicted octanol–water partition coefficient (Wildman–Crippen LogP) is 2.51. The second-order valence-corrected chi connectivity index (χ2v) is 4.00. The first-order valence-electron chi connectivity index (χ1n) is 4.95. The van der Waals surface area contributed by atoms with E-state index in [2.05, 4.69) is 15.0 Å². The molecule has 3 nitrogen and oxygen atoms in total. The van der Waals surface area contributed by atoms with Crippen LogP contribution >= 0.6 is 11.6 Å². The molecule has 2 aromatic heterocycles. The van der Waals surface area contributed by atoms with Gasteiger partial charge in [0, 0.05) is 31.2 Å². The number of rotatable bonds is 0. The van der Waals surface area contributed by atoms with E-state index in [9.17, 15) is 0 Å². The summed E-state index contributed by atoms with van der Waals surface area (Å²) in [6.45, 7) is 0. The Morgan fingerprint density at radius 3 is 2.94 bits per heavy atom. The zero-order valence-corrected chi connectivity index (χ0v) is 9.15. The van der Waals surface area contributed by atoms with Crippen LogP contribution in [-0.4, -0.2) is 15.0 Å². The molecule has 0 aromatic carbocycles. The maximum atomic E-state index is 6.21. The number of nitrogens with zero attached hydrogens (tertiary/aromatic N) is 3. The lowest BCUT2D eigenvalue weighted by atomic mass is 10.1. The number of halogens is 1. The van der Waals surface area contributed by atoms with E-state index < -0.39 is 0 Å². The van der Waals surface area contributed by atoms with Crippen molar-refractivity contribution >= 4 is 22.7 Å². The third-order valence-electron chi connectivity index (χ3n) is 2.59. The monoisotopic (exact) mass is 229 g/mol. The normalized spacial score (nSPS) is 13.4. The smallest absolute Gasteiger partial charge is 0.103 e. The second kappa shape index (κ2) is 3.68. The maximum absolute atomic E-state index is 6.21. The summed E-state index contributed by atoms with van der Waals surface area (Å²) in [5.74, 6) is 0. The third kappa shape index (κ3) is 1.49. The molecule has 0 atom stereocenters. The SMILES string of the molecule is ClC1=Cc2cnccc2Cc2nccnc21. The Bertz CT molecular complexity index is 578. The molecule has 0 amide bonds. The van der Waals surface area contributed by atoms with Gasteiger partial charge in [0.05, 0.1) is 10.7 Å². The lowest BCUT2D eigenvalue weighted by Gasteiger charge is -2.03. The summed E-state index contributed by atoms with van der Waals surface area (Å²) >= 11 is 6.21. The maximum Gasteiger partial charge on any atom is 0.103 e. The van der Waals surface area contributed by atoms with Crippen molar-refractivity contribution in [3.8, 4) is 0 Å². The van der Waals surface area contributed by atoms with E-state index in [0.717, 1.165) is 23.4 Å². The summed E-state index contributed by atoms with van der Waals surface area (Å²) in [5, 5.41) is 0.620. The highest BCUT2D eigenvalue weighted by Crippen LogP contribution is 2.29. The Morgan fingerprint density at radius 2 is 2.00 bits per heavy atom. The fraction of sp³-hybridized carbons (Fsp3) is 0.0833. The number of fused-ring (bicyclic) bond motifs is 2. The van der Waals surface area contributed by atoms with Gasteiger partial charge >= 0.3 is 0 Å². The second-order valence-electron chi connectivity index (χ2n) is 3.60. The van der Waals surface area contributed by atoms with Crippen molar-refractivity contribution in [2.24, 2.45) is 0 Å². The number of aromatic nitrogens is 3. The van der Waals surface area contributed by atoms with Crippen LogP contribution in [0.4, 0.5) is 0 Å². The molecule has 0 radical (unpaired) electrons. The molecule has 0 unspecified atom stereocenters. The van der Waals surface area contributed by atoms with Gasteiger partial charge in [-0.3, -0.25) is 15.0 Å². The van der Waals surface area contributed by atoms with Gasteiger partial charge < -0.3 is 0 Å². The van der Waals surface area contributed by atoms with Gasteiger partial charge in [-0.05, 0) is 23.3 Å². The first-order chi connectivity index (χ1) is 7.84. The highest BCUT2D eigenvalue weighted by Gasteiger charge is 2.15. The first-order valence-corrected chi connectivity index (χ1v) is 5.33. The van der Waals surface area contributed by atoms with Crippen molar-refractivity contribution in [3.63, 3.8) is 0 Å². The van der Waals surface area contributed by atoms with Crippen LogP contribution in [-0.2, 0) is 6.42 Å². The summed E-state index contributed by atoms with van der Waals surface area (Å²) < 4.78 is 0. The van der Waals surface area contributed by atoms with Crippen LogP contribution in [0.5, 0.6) is 0 Å². The lowest BCUT2D eigenvalue weighted by Crippen LogP contribution is -1.98. The molecule has 4 heteroatoms. The van der Waals surface area contributed by atoms with Gasteiger partial charge in [-0.1, -0.05) is 11.6 Å². The van der Waals surface area contributed by atoms with Crippen LogP contribution < -0.4 is 0 Å². The molecule has 0 aliphatic heterocycles. The molecule has 78 valence electrons. The zero-order valence-electron chi connectivity index (χ0n) is 8.39. The average molecular weight is 230 g/mol. The summed E-state index contributed by atoms with van der Waals surface area (Å²) in [6.07, 6.45) is 9.57. The molecule has 0 saturated heterocycles. The minimum atomic E-state index is 0.620. The molecular formula is C12H8ClN3. The zero-order chi connectivity index (χ0) is 11.0. The Labute approximate surface area is 97.9 Å². The highest BCUT2D eigenvalue weighted by molar-refractivity contribution is 6.51. The Hall–Kier alpha value is -1.74. The van der Waals surface area contributed by atoms with E-state index in [1.54, 1.807) is 18.6 Å². The van der Waals surface area contributed by atoms with E-state index in [-0.39, 0.29) is 0 Å². The van der Waals surface area contributed by atoms with Crippen molar-refractivity contribution in [3.05, 3.63) is 53.4 Å². The standard InChI is InChI=1S/C12H8ClN3/c13-10-5-9-7-14-2-1-8(9)6-11-12(10)16-4-3-15-11/h1-5,7H,6H2. The van der Waals surface area contributed by atoms with Crippen LogP contribution in [0.25, 0.3) is 11.1 Å². The number of hydrogen-bond donors (Lipinski definition) is 0. The molecule has 3 rings (SSSR count). The Morgan fingerprint density at radius 1 is 1.12 bits per heavy atom. The van der Waals surface area contributed by atoms with Crippen molar-refractivity contribution in [1.29, 1.82) is 0 Å². The van der Waals surface area contributed by atoms with Crippen molar-refractivity contribution < 1.29 is 0 Å². The van der Waals surface area contributed by atoms with Gasteiger partial charge in [-0.2, -0.15) is 0 Å². The van der Waals surface area contributed by atoms with E-state index in [4.69, 9.17) is 11.6 Å². The quantitative estimate of drug-likeness (QED) is 0.697. The van der Waals surface area contributed by atoms with Gasteiger partial charge in [-0.25, -0.2) is 0 Å². The first kappa shape index (κ1) is 9.48. The van der Waals surface area contributed by atoms with Crippen molar-refractivity contribution in [2.45, 2.75) is 6.42 Å². The largest absolute Gasteiger partial charge is 0.264 e. The Balaban J connectivity index is 2.25. The highest BCUT2D eigenvalue weighted by atomic mass is 35.5. The summed E-state index contributed by atoms with van der Waals surface area (Å²) in [6, 6.07) is 1.99. The molecule has 0 saturated carbocycles. The topological polar surface area (TPSA) is 38.7 Å². The minimum absolute atomic E-state index is 0.620. The Kier molecular flexibility index (Phi) is 2.18.